The third-order valence-electron chi connectivity index (χ3n) is 10.1. The molecule has 0 N–H and O–H groups in total. The van der Waals surface area contributed by atoms with Crippen LogP contribution < -0.4 is 25.9 Å². The Bertz CT molecular complexity index is 2690. The summed E-state index contributed by atoms with van der Waals surface area (Å²) in [5.41, 5.74) is 6.74. The van der Waals surface area contributed by atoms with Crippen LogP contribution in [0.4, 0.5) is 0 Å². The Balaban J connectivity index is 1.26. The Morgan fingerprint density at radius 1 is 0.413 bits per heavy atom. The van der Waals surface area contributed by atoms with Gasteiger partial charge in [-0.1, -0.05) is 115 Å². The molecule has 0 saturated heterocycles. The molecule has 0 radical (unpaired) electrons. The standard InChI is InChI=1S/C42H24BNO2/c1-2-13-28-26(11-1)27-12-3-4-16-31(27)40-32(28)21-22-34-42(40)46-39-24-25(23-38-41(39)43(34)33-17-7-10-20-37(33)45-38)44-35-18-8-5-14-29(35)30-15-6-9-19-36(30)44/h1-24H. The fourth-order valence-electron chi connectivity index (χ4n) is 8.21. The zero-order valence-electron chi connectivity index (χ0n) is 24.7. The molecule has 3 nitrogen and oxygen atoms in total. The van der Waals surface area contributed by atoms with E-state index in [9.17, 15) is 0 Å². The third-order valence-corrected chi connectivity index (χ3v) is 10.1. The lowest BCUT2D eigenvalue weighted by Crippen LogP contribution is -2.57. The van der Waals surface area contributed by atoms with Crippen LogP contribution in [0.3, 0.4) is 0 Å². The topological polar surface area (TPSA) is 23.4 Å². The average molecular weight is 585 g/mol. The normalized spacial score (nSPS) is 13.1. The van der Waals surface area contributed by atoms with E-state index in [1.54, 1.807) is 0 Å². The van der Waals surface area contributed by atoms with Crippen molar-refractivity contribution < 1.29 is 9.47 Å². The molecule has 0 bridgehead atoms. The van der Waals surface area contributed by atoms with Crippen molar-refractivity contribution in [3.8, 4) is 28.7 Å². The van der Waals surface area contributed by atoms with Crippen molar-refractivity contribution in [1.82, 2.24) is 4.57 Å². The van der Waals surface area contributed by atoms with Crippen molar-refractivity contribution >= 4 is 77.2 Å². The van der Waals surface area contributed by atoms with Gasteiger partial charge in [-0.05, 0) is 56.1 Å². The van der Waals surface area contributed by atoms with E-state index < -0.39 is 0 Å². The number of nitrogens with zero attached hydrogens (tertiary/aromatic N) is 1. The summed E-state index contributed by atoms with van der Waals surface area (Å²) >= 11 is 0. The first-order valence-corrected chi connectivity index (χ1v) is 15.8. The molecule has 0 atom stereocenters. The van der Waals surface area contributed by atoms with Crippen LogP contribution in [0.2, 0.25) is 0 Å². The molecule has 3 heterocycles. The Morgan fingerprint density at radius 3 is 1.63 bits per heavy atom. The number of benzene rings is 8. The molecular weight excluding hydrogens is 561 g/mol. The predicted octanol–water partition coefficient (Wildman–Crippen LogP) is 8.97. The average Bonchev–Trinajstić information content (AvgIpc) is 3.45. The van der Waals surface area contributed by atoms with E-state index in [0.29, 0.717) is 0 Å². The van der Waals surface area contributed by atoms with Gasteiger partial charge < -0.3 is 14.0 Å². The minimum Gasteiger partial charge on any atom is -0.458 e. The molecule has 46 heavy (non-hydrogen) atoms. The minimum atomic E-state index is -0.0134. The highest BCUT2D eigenvalue weighted by Gasteiger charge is 2.41. The molecule has 212 valence electrons. The van der Waals surface area contributed by atoms with E-state index in [-0.39, 0.29) is 6.71 Å². The first-order chi connectivity index (χ1) is 22.8. The van der Waals surface area contributed by atoms with Crippen LogP contribution in [0.15, 0.2) is 146 Å². The Morgan fingerprint density at radius 2 is 0.935 bits per heavy atom. The van der Waals surface area contributed by atoms with Gasteiger partial charge in [0.15, 0.2) is 0 Å². The zero-order chi connectivity index (χ0) is 29.9. The molecule has 0 unspecified atom stereocenters. The number of hydrogen-bond acceptors (Lipinski definition) is 2. The third kappa shape index (κ3) is 3.08. The van der Waals surface area contributed by atoms with Crippen LogP contribution in [0.5, 0.6) is 23.0 Å². The Kier molecular flexibility index (Phi) is 4.66. The summed E-state index contributed by atoms with van der Waals surface area (Å²) in [6.07, 6.45) is 0. The second-order valence-corrected chi connectivity index (χ2v) is 12.4. The van der Waals surface area contributed by atoms with Crippen molar-refractivity contribution in [2.24, 2.45) is 0 Å². The summed E-state index contributed by atoms with van der Waals surface area (Å²) in [7, 11) is 0. The fraction of sp³-hybridized carbons (Fsp3) is 0. The van der Waals surface area contributed by atoms with Crippen LogP contribution in [0.25, 0.3) is 59.8 Å². The van der Waals surface area contributed by atoms with Crippen molar-refractivity contribution in [2.45, 2.75) is 0 Å². The molecule has 11 rings (SSSR count). The first-order valence-electron chi connectivity index (χ1n) is 15.8. The van der Waals surface area contributed by atoms with Gasteiger partial charge in [0.1, 0.15) is 23.0 Å². The molecule has 0 fully saturated rings. The van der Waals surface area contributed by atoms with E-state index in [0.717, 1.165) is 56.0 Å². The lowest BCUT2D eigenvalue weighted by molar-refractivity contribution is 0.467. The second kappa shape index (κ2) is 8.80. The number of hydrogen-bond donors (Lipinski definition) is 0. The summed E-state index contributed by atoms with van der Waals surface area (Å²) in [4.78, 5) is 0. The summed E-state index contributed by atoms with van der Waals surface area (Å²) in [6.45, 7) is -0.0134. The molecule has 0 aliphatic carbocycles. The molecule has 0 spiro atoms. The monoisotopic (exact) mass is 585 g/mol. The van der Waals surface area contributed by atoms with E-state index in [4.69, 9.17) is 9.47 Å². The second-order valence-electron chi connectivity index (χ2n) is 12.4. The van der Waals surface area contributed by atoms with Crippen molar-refractivity contribution in [1.29, 1.82) is 0 Å². The van der Waals surface area contributed by atoms with Crippen LogP contribution in [0, 0.1) is 0 Å². The highest BCUT2D eigenvalue weighted by atomic mass is 16.5. The van der Waals surface area contributed by atoms with Crippen LogP contribution in [-0.2, 0) is 0 Å². The van der Waals surface area contributed by atoms with Crippen molar-refractivity contribution in [2.75, 3.05) is 0 Å². The largest absolute Gasteiger partial charge is 0.458 e. The quantitative estimate of drug-likeness (QED) is 0.142. The van der Waals surface area contributed by atoms with Crippen LogP contribution in [0.1, 0.15) is 0 Å². The Hall–Kier alpha value is -6.00. The van der Waals surface area contributed by atoms with Crippen molar-refractivity contribution in [3.05, 3.63) is 146 Å². The maximum Gasteiger partial charge on any atom is 0.260 e. The molecule has 4 heteroatoms. The van der Waals surface area contributed by atoms with Crippen molar-refractivity contribution in [3.63, 3.8) is 0 Å². The molecule has 1 aromatic heterocycles. The van der Waals surface area contributed by atoms with Gasteiger partial charge >= 0.3 is 0 Å². The van der Waals surface area contributed by atoms with Gasteiger partial charge in [0.05, 0.1) is 16.7 Å². The number of aromatic nitrogens is 1. The van der Waals surface area contributed by atoms with E-state index in [2.05, 4.69) is 150 Å². The zero-order valence-corrected chi connectivity index (χ0v) is 24.7. The SMILES string of the molecule is c1ccc2c(c1)Oc1cc(-n3c4ccccc4c4ccccc43)cc3c1B2c1ccc2c4ccccc4c4ccccc4c2c1O3. The fourth-order valence-corrected chi connectivity index (χ4v) is 8.21. The van der Waals surface area contributed by atoms with E-state index in [1.807, 2.05) is 0 Å². The van der Waals surface area contributed by atoms with E-state index >= 15 is 0 Å². The predicted molar refractivity (Wildman–Crippen MR) is 191 cm³/mol. The number of ether oxygens (including phenoxy) is 2. The molecule has 0 saturated carbocycles. The molecule has 2 aliphatic rings. The first kappa shape index (κ1) is 24.3. The molecule has 9 aromatic rings. The summed E-state index contributed by atoms with van der Waals surface area (Å²) < 4.78 is 16.2. The molecule has 2 aliphatic heterocycles. The number of para-hydroxylation sites is 3. The summed E-state index contributed by atoms with van der Waals surface area (Å²) in [5, 5.41) is 9.75. The van der Waals surface area contributed by atoms with Gasteiger partial charge in [0.25, 0.3) is 6.71 Å². The molecular formula is C42H24BNO2. The Labute approximate surface area is 264 Å². The van der Waals surface area contributed by atoms with Gasteiger partial charge in [0, 0.05) is 33.8 Å². The minimum absolute atomic E-state index is 0.0134. The smallest absolute Gasteiger partial charge is 0.260 e. The highest BCUT2D eigenvalue weighted by Crippen LogP contribution is 2.44. The van der Waals surface area contributed by atoms with Gasteiger partial charge in [-0.3, -0.25) is 0 Å². The maximum absolute atomic E-state index is 7.18. The maximum atomic E-state index is 7.18. The lowest BCUT2D eigenvalue weighted by atomic mass is 9.34. The lowest BCUT2D eigenvalue weighted by Gasteiger charge is -2.34. The van der Waals surface area contributed by atoms with Gasteiger partial charge in [-0.25, -0.2) is 0 Å². The van der Waals surface area contributed by atoms with Crippen LogP contribution in [-0.4, -0.2) is 11.3 Å². The summed E-state index contributed by atoms with van der Waals surface area (Å²) in [6, 6.07) is 52.1. The number of fused-ring (bicyclic) bond motifs is 14. The van der Waals surface area contributed by atoms with E-state index in [1.165, 1.54) is 43.2 Å². The van der Waals surface area contributed by atoms with Gasteiger partial charge in [0.2, 0.25) is 0 Å². The van der Waals surface area contributed by atoms with Gasteiger partial charge in [-0.15, -0.1) is 0 Å². The summed E-state index contributed by atoms with van der Waals surface area (Å²) in [5.74, 6) is 3.50. The van der Waals surface area contributed by atoms with Gasteiger partial charge in [-0.2, -0.15) is 0 Å². The molecule has 8 aromatic carbocycles. The molecule has 0 amide bonds. The highest BCUT2D eigenvalue weighted by molar-refractivity contribution is 6.98. The number of rotatable bonds is 1. The van der Waals surface area contributed by atoms with Crippen LogP contribution >= 0.6 is 0 Å².